The molecule has 2 N–H and O–H groups in total. The van der Waals surface area contributed by atoms with E-state index >= 15 is 0 Å². The molecule has 0 aliphatic rings. The number of hydrogen-bond acceptors (Lipinski definition) is 5. The van der Waals surface area contributed by atoms with Crippen molar-refractivity contribution in [3.63, 3.8) is 0 Å². The van der Waals surface area contributed by atoms with Gasteiger partial charge in [-0.05, 0) is 70.0 Å². The van der Waals surface area contributed by atoms with Crippen molar-refractivity contribution in [1.82, 2.24) is 0 Å². The number of carbonyl (C=O) groups is 3. The van der Waals surface area contributed by atoms with E-state index in [0.29, 0.717) is 11.4 Å². The highest BCUT2D eigenvalue weighted by molar-refractivity contribution is 5.96. The number of para-hydroxylation sites is 1. The van der Waals surface area contributed by atoms with Gasteiger partial charge in [-0.3, -0.25) is 10.1 Å². The average molecular weight is 398 g/mol. The molecule has 0 heterocycles. The maximum absolute atomic E-state index is 12.1. The van der Waals surface area contributed by atoms with Crippen LogP contribution in [0.25, 0.3) is 0 Å². The van der Waals surface area contributed by atoms with E-state index in [0.717, 1.165) is 11.1 Å². The van der Waals surface area contributed by atoms with E-state index in [-0.39, 0.29) is 5.56 Å². The van der Waals surface area contributed by atoms with Crippen LogP contribution in [0.2, 0.25) is 0 Å². The van der Waals surface area contributed by atoms with Gasteiger partial charge in [-0.15, -0.1) is 0 Å². The Morgan fingerprint density at radius 3 is 2.03 bits per heavy atom. The maximum Gasteiger partial charge on any atom is 0.412 e. The zero-order valence-corrected chi connectivity index (χ0v) is 17.3. The number of ether oxygens (including phenoxy) is 2. The van der Waals surface area contributed by atoms with Crippen LogP contribution in [-0.2, 0) is 14.3 Å². The summed E-state index contributed by atoms with van der Waals surface area (Å²) in [5.74, 6) is -1.05. The molecule has 7 heteroatoms. The van der Waals surface area contributed by atoms with Crippen molar-refractivity contribution in [2.24, 2.45) is 0 Å². The number of aryl methyl sites for hydroxylation is 2. The molecule has 0 unspecified atom stereocenters. The van der Waals surface area contributed by atoms with Crippen LogP contribution in [-0.4, -0.2) is 30.2 Å². The Balaban J connectivity index is 1.87. The number of carbonyl (C=O) groups excluding carboxylic acids is 3. The first-order chi connectivity index (χ1) is 13.5. The number of nitrogens with one attached hydrogen (secondary N) is 2. The van der Waals surface area contributed by atoms with Crippen LogP contribution in [0.5, 0.6) is 0 Å². The molecule has 2 rings (SSSR count). The van der Waals surface area contributed by atoms with Gasteiger partial charge in [0.15, 0.2) is 6.61 Å². The maximum atomic E-state index is 12.1. The zero-order chi connectivity index (χ0) is 21.6. The molecule has 29 heavy (non-hydrogen) atoms. The molecule has 2 aromatic rings. The Morgan fingerprint density at radius 2 is 1.48 bits per heavy atom. The van der Waals surface area contributed by atoms with Crippen molar-refractivity contribution in [2.75, 3.05) is 17.2 Å². The summed E-state index contributed by atoms with van der Waals surface area (Å²) >= 11 is 0. The Hall–Kier alpha value is -3.35. The second-order valence-corrected chi connectivity index (χ2v) is 7.60. The van der Waals surface area contributed by atoms with E-state index in [1.54, 1.807) is 32.9 Å². The molecule has 0 saturated heterocycles. The number of anilines is 2. The van der Waals surface area contributed by atoms with Gasteiger partial charge in [0, 0.05) is 11.4 Å². The summed E-state index contributed by atoms with van der Waals surface area (Å²) in [5.41, 5.74) is 2.70. The Morgan fingerprint density at radius 1 is 0.897 bits per heavy atom. The molecule has 0 saturated carbocycles. The van der Waals surface area contributed by atoms with Crippen LogP contribution >= 0.6 is 0 Å². The van der Waals surface area contributed by atoms with E-state index < -0.39 is 30.2 Å². The quantitative estimate of drug-likeness (QED) is 0.726. The van der Waals surface area contributed by atoms with Crippen LogP contribution in [0.15, 0.2) is 42.5 Å². The fourth-order valence-electron chi connectivity index (χ4n) is 2.51. The molecule has 0 atom stereocenters. The van der Waals surface area contributed by atoms with E-state index in [1.165, 1.54) is 12.1 Å². The molecule has 0 bridgehead atoms. The van der Waals surface area contributed by atoms with Crippen molar-refractivity contribution in [1.29, 1.82) is 0 Å². The molecular weight excluding hydrogens is 372 g/mol. The summed E-state index contributed by atoms with van der Waals surface area (Å²) < 4.78 is 10.2. The Kier molecular flexibility index (Phi) is 6.98. The third-order valence-corrected chi connectivity index (χ3v) is 3.85. The van der Waals surface area contributed by atoms with Crippen molar-refractivity contribution >= 4 is 29.3 Å². The summed E-state index contributed by atoms with van der Waals surface area (Å²) in [6.45, 7) is 8.68. The van der Waals surface area contributed by atoms with E-state index in [2.05, 4.69) is 10.6 Å². The van der Waals surface area contributed by atoms with Gasteiger partial charge in [0.05, 0.1) is 5.56 Å². The van der Waals surface area contributed by atoms with Gasteiger partial charge in [0.2, 0.25) is 0 Å². The molecule has 0 aliphatic heterocycles. The van der Waals surface area contributed by atoms with Crippen molar-refractivity contribution in [2.45, 2.75) is 40.2 Å². The standard InChI is InChI=1S/C22H26N2O5/c1-14-7-6-8-15(2)19(14)24-18(25)13-28-20(26)16-9-11-17(12-10-16)23-21(27)29-22(3,4)5/h6-12H,13H2,1-5H3,(H,23,27)(H,24,25). The van der Waals surface area contributed by atoms with E-state index in [9.17, 15) is 14.4 Å². The van der Waals surface area contributed by atoms with E-state index in [4.69, 9.17) is 9.47 Å². The Bertz CT molecular complexity index is 878. The summed E-state index contributed by atoms with van der Waals surface area (Å²) in [7, 11) is 0. The van der Waals surface area contributed by atoms with Crippen LogP contribution in [0.1, 0.15) is 42.3 Å². The minimum absolute atomic E-state index is 0.264. The lowest BCUT2D eigenvalue weighted by Gasteiger charge is -2.19. The summed E-state index contributed by atoms with van der Waals surface area (Å²) in [6, 6.07) is 11.8. The first-order valence-corrected chi connectivity index (χ1v) is 9.18. The van der Waals surface area contributed by atoms with Gasteiger partial charge in [0.25, 0.3) is 5.91 Å². The number of hydrogen-bond donors (Lipinski definition) is 2. The van der Waals surface area contributed by atoms with Crippen molar-refractivity contribution in [3.8, 4) is 0 Å². The molecule has 0 fully saturated rings. The molecule has 2 aromatic carbocycles. The minimum atomic E-state index is -0.634. The number of amides is 2. The topological polar surface area (TPSA) is 93.7 Å². The molecule has 2 amide bonds. The number of rotatable bonds is 5. The first-order valence-electron chi connectivity index (χ1n) is 9.18. The van der Waals surface area contributed by atoms with Gasteiger partial charge >= 0.3 is 12.1 Å². The van der Waals surface area contributed by atoms with Crippen LogP contribution < -0.4 is 10.6 Å². The predicted molar refractivity (Wildman–Crippen MR) is 111 cm³/mol. The van der Waals surface area contributed by atoms with Crippen LogP contribution in [0, 0.1) is 13.8 Å². The van der Waals surface area contributed by atoms with Gasteiger partial charge in [-0.25, -0.2) is 9.59 Å². The largest absolute Gasteiger partial charge is 0.452 e. The summed E-state index contributed by atoms with van der Waals surface area (Å²) in [6.07, 6.45) is -0.587. The third kappa shape index (κ3) is 6.95. The van der Waals surface area contributed by atoms with E-state index in [1.807, 2.05) is 32.0 Å². The molecule has 154 valence electrons. The highest BCUT2D eigenvalue weighted by Gasteiger charge is 2.17. The average Bonchev–Trinajstić information content (AvgIpc) is 2.62. The molecule has 0 aromatic heterocycles. The van der Waals surface area contributed by atoms with Gasteiger partial charge in [-0.1, -0.05) is 18.2 Å². The summed E-state index contributed by atoms with van der Waals surface area (Å²) in [5, 5.41) is 5.33. The fourth-order valence-corrected chi connectivity index (χ4v) is 2.51. The zero-order valence-electron chi connectivity index (χ0n) is 17.3. The number of esters is 1. The highest BCUT2D eigenvalue weighted by atomic mass is 16.6. The van der Waals surface area contributed by atoms with Gasteiger partial charge < -0.3 is 14.8 Å². The molecule has 0 aliphatic carbocycles. The molecule has 7 nitrogen and oxygen atoms in total. The molecule has 0 radical (unpaired) electrons. The lowest BCUT2D eigenvalue weighted by molar-refractivity contribution is -0.119. The second kappa shape index (κ2) is 9.23. The predicted octanol–water partition coefficient (Wildman–Crippen LogP) is 4.45. The SMILES string of the molecule is Cc1cccc(C)c1NC(=O)COC(=O)c1ccc(NC(=O)OC(C)(C)C)cc1. The fraction of sp³-hybridized carbons (Fsp3) is 0.318. The molecular formula is C22H26N2O5. The summed E-state index contributed by atoms with van der Waals surface area (Å²) in [4.78, 5) is 36.0. The van der Waals surface area contributed by atoms with Crippen LogP contribution in [0.3, 0.4) is 0 Å². The normalized spacial score (nSPS) is 10.8. The highest BCUT2D eigenvalue weighted by Crippen LogP contribution is 2.19. The van der Waals surface area contributed by atoms with Crippen molar-refractivity contribution in [3.05, 3.63) is 59.2 Å². The Labute approximate surface area is 170 Å². The second-order valence-electron chi connectivity index (χ2n) is 7.60. The molecule has 0 spiro atoms. The van der Waals surface area contributed by atoms with Crippen molar-refractivity contribution < 1.29 is 23.9 Å². The van der Waals surface area contributed by atoms with Gasteiger partial charge in [0.1, 0.15) is 5.60 Å². The lowest BCUT2D eigenvalue weighted by atomic mass is 10.1. The number of benzene rings is 2. The van der Waals surface area contributed by atoms with Gasteiger partial charge in [-0.2, -0.15) is 0 Å². The monoisotopic (exact) mass is 398 g/mol. The van der Waals surface area contributed by atoms with Crippen LogP contribution in [0.4, 0.5) is 16.2 Å². The third-order valence-electron chi connectivity index (χ3n) is 3.85. The lowest BCUT2D eigenvalue weighted by Crippen LogP contribution is -2.27. The smallest absolute Gasteiger partial charge is 0.412 e. The first kappa shape index (κ1) is 21.9. The minimum Gasteiger partial charge on any atom is -0.452 e.